The fourth-order valence-electron chi connectivity index (χ4n) is 2.90. The van der Waals surface area contributed by atoms with Gasteiger partial charge in [0.05, 0.1) is 30.2 Å². The number of amidine groups is 1. The molecule has 0 aliphatic carbocycles. The van der Waals surface area contributed by atoms with Gasteiger partial charge in [-0.3, -0.25) is 14.8 Å². The van der Waals surface area contributed by atoms with E-state index in [1.165, 1.54) is 36.3 Å². The van der Waals surface area contributed by atoms with Crippen molar-refractivity contribution >= 4 is 34.6 Å². The quantitative estimate of drug-likeness (QED) is 0.751. The summed E-state index contributed by atoms with van der Waals surface area (Å²) < 4.78 is 19.4. The highest BCUT2D eigenvalue weighted by atomic mass is 32.2. The molecule has 0 bridgehead atoms. The van der Waals surface area contributed by atoms with Crippen molar-refractivity contribution in [1.82, 2.24) is 9.97 Å². The number of carbonyl (C=O) groups is 1. The molecule has 0 saturated heterocycles. The monoisotopic (exact) mass is 415 g/mol. The Morgan fingerprint density at radius 3 is 2.93 bits per heavy atom. The number of methoxy groups -OCH3 is 1. The lowest BCUT2D eigenvalue weighted by molar-refractivity contribution is 0.102. The summed E-state index contributed by atoms with van der Waals surface area (Å²) in [6.07, 6.45) is 7.08. The normalized spacial score (nSPS) is 19.2. The van der Waals surface area contributed by atoms with E-state index < -0.39 is 11.4 Å². The number of halogens is 1. The number of aliphatic imine (C=N–C) groups is 1. The van der Waals surface area contributed by atoms with Crippen LogP contribution < -0.4 is 11.1 Å². The van der Waals surface area contributed by atoms with Crippen LogP contribution in [0, 0.1) is 5.82 Å². The Hall–Kier alpha value is -2.78. The molecule has 0 saturated carbocycles. The molecule has 3 N–H and O–H groups in total. The first-order valence-electron chi connectivity index (χ1n) is 8.98. The third-order valence-corrected chi connectivity index (χ3v) is 5.25. The maximum atomic E-state index is 14.5. The Morgan fingerprint density at radius 2 is 2.24 bits per heavy atom. The number of thioether (sulfide) groups is 1. The molecule has 1 atom stereocenters. The number of nitrogens with zero attached hydrogens (tertiary/aromatic N) is 3. The number of hydrogen-bond donors (Lipinski definition) is 2. The molecule has 0 radical (unpaired) electrons. The number of ether oxygens (including phenoxy) is 1. The third kappa shape index (κ3) is 5.18. The molecule has 1 aliphatic heterocycles. The zero-order valence-electron chi connectivity index (χ0n) is 16.2. The number of carbonyl (C=O) groups excluding carboxylic acids is 1. The number of nitrogens with two attached hydrogens (primary N) is 1. The van der Waals surface area contributed by atoms with Gasteiger partial charge in [-0.1, -0.05) is 17.8 Å². The van der Waals surface area contributed by atoms with Crippen molar-refractivity contribution < 1.29 is 13.9 Å². The highest BCUT2D eigenvalue weighted by Crippen LogP contribution is 2.37. The molecule has 2 aromatic rings. The van der Waals surface area contributed by atoms with E-state index in [0.29, 0.717) is 35.1 Å². The van der Waals surface area contributed by atoms with Crippen molar-refractivity contribution in [3.8, 4) is 0 Å². The van der Waals surface area contributed by atoms with E-state index in [2.05, 4.69) is 20.3 Å². The van der Waals surface area contributed by atoms with Crippen LogP contribution >= 0.6 is 11.8 Å². The molecule has 152 valence electrons. The molecule has 0 spiro atoms. The summed E-state index contributed by atoms with van der Waals surface area (Å²) in [6, 6.07) is 4.41. The minimum Gasteiger partial charge on any atom is -0.381 e. The first-order valence-corrected chi connectivity index (χ1v) is 9.97. The van der Waals surface area contributed by atoms with E-state index in [1.54, 1.807) is 25.3 Å². The zero-order valence-corrected chi connectivity index (χ0v) is 17.0. The summed E-state index contributed by atoms with van der Waals surface area (Å²) in [7, 11) is 1.60. The van der Waals surface area contributed by atoms with Crippen molar-refractivity contribution in [1.29, 1.82) is 0 Å². The number of nitrogens with one attached hydrogen (secondary N) is 1. The maximum Gasteiger partial charge on any atom is 0.275 e. The largest absolute Gasteiger partial charge is 0.381 e. The number of hydrogen-bond acceptors (Lipinski definition) is 7. The lowest BCUT2D eigenvalue weighted by Gasteiger charge is -2.30. The topological polar surface area (TPSA) is 102 Å². The molecule has 0 fully saturated rings. The smallest absolute Gasteiger partial charge is 0.275 e. The lowest BCUT2D eigenvalue weighted by Crippen LogP contribution is -2.29. The minimum atomic E-state index is -0.768. The Bertz CT molecular complexity index is 948. The molecule has 1 aromatic carbocycles. The second-order valence-electron chi connectivity index (χ2n) is 6.66. The summed E-state index contributed by atoms with van der Waals surface area (Å²) in [6.45, 7) is 2.30. The maximum absolute atomic E-state index is 14.5. The second-order valence-corrected chi connectivity index (χ2v) is 7.77. The Kier molecular flexibility index (Phi) is 6.60. The van der Waals surface area contributed by atoms with Crippen molar-refractivity contribution in [2.75, 3.05) is 24.8 Å². The van der Waals surface area contributed by atoms with Crippen LogP contribution in [-0.4, -0.2) is 40.5 Å². The van der Waals surface area contributed by atoms with Crippen LogP contribution in [0.25, 0.3) is 6.08 Å². The average Bonchev–Trinajstić information content (AvgIpc) is 2.70. The van der Waals surface area contributed by atoms with Crippen molar-refractivity contribution in [2.45, 2.75) is 18.9 Å². The van der Waals surface area contributed by atoms with E-state index in [1.807, 2.05) is 6.92 Å². The summed E-state index contributed by atoms with van der Waals surface area (Å²) in [5.74, 6) is -0.0707. The Morgan fingerprint density at radius 1 is 1.41 bits per heavy atom. The summed E-state index contributed by atoms with van der Waals surface area (Å²) in [4.78, 5) is 25.2. The Labute approximate surface area is 172 Å². The van der Waals surface area contributed by atoms with Gasteiger partial charge in [-0.15, -0.1) is 0 Å². The van der Waals surface area contributed by atoms with Gasteiger partial charge in [-0.2, -0.15) is 0 Å². The fourth-order valence-corrected chi connectivity index (χ4v) is 3.87. The minimum absolute atomic E-state index is 0.155. The van der Waals surface area contributed by atoms with Crippen LogP contribution in [0.5, 0.6) is 0 Å². The fraction of sp³-hybridized carbons (Fsp3) is 0.300. The second kappa shape index (κ2) is 9.15. The predicted octanol–water partition coefficient (Wildman–Crippen LogP) is 3.19. The summed E-state index contributed by atoms with van der Waals surface area (Å²) >= 11 is 1.45. The van der Waals surface area contributed by atoms with Gasteiger partial charge in [0.25, 0.3) is 5.91 Å². The molecular weight excluding hydrogens is 393 g/mol. The van der Waals surface area contributed by atoms with E-state index in [0.717, 1.165) is 5.75 Å². The molecule has 0 unspecified atom stereocenters. The molecule has 1 aliphatic rings. The average molecular weight is 415 g/mol. The van der Waals surface area contributed by atoms with E-state index in [9.17, 15) is 9.18 Å². The van der Waals surface area contributed by atoms with Crippen LogP contribution in [0.3, 0.4) is 0 Å². The van der Waals surface area contributed by atoms with E-state index in [-0.39, 0.29) is 11.5 Å². The Balaban J connectivity index is 1.77. The van der Waals surface area contributed by atoms with Crippen molar-refractivity contribution in [3.05, 3.63) is 59.4 Å². The first-order chi connectivity index (χ1) is 13.9. The molecule has 9 heteroatoms. The molecule has 3 rings (SSSR count). The van der Waals surface area contributed by atoms with Gasteiger partial charge in [-0.25, -0.2) is 9.37 Å². The van der Waals surface area contributed by atoms with Gasteiger partial charge in [-0.05, 0) is 37.6 Å². The molecule has 7 nitrogen and oxygen atoms in total. The number of rotatable bonds is 6. The zero-order chi connectivity index (χ0) is 20.9. The molecule has 1 aromatic heterocycles. The first kappa shape index (κ1) is 20.9. The molecular formula is C20H22FN5O2S. The number of benzene rings is 1. The predicted molar refractivity (Wildman–Crippen MR) is 113 cm³/mol. The van der Waals surface area contributed by atoms with Crippen LogP contribution in [0.15, 0.2) is 41.7 Å². The number of aromatic nitrogens is 2. The highest BCUT2D eigenvalue weighted by Gasteiger charge is 2.32. The highest BCUT2D eigenvalue weighted by molar-refractivity contribution is 8.13. The van der Waals surface area contributed by atoms with Gasteiger partial charge in [0.1, 0.15) is 11.5 Å². The van der Waals surface area contributed by atoms with Crippen molar-refractivity contribution in [3.63, 3.8) is 0 Å². The third-order valence-electron chi connectivity index (χ3n) is 4.46. The number of anilines is 1. The lowest BCUT2D eigenvalue weighted by atomic mass is 9.89. The van der Waals surface area contributed by atoms with E-state index >= 15 is 0 Å². The summed E-state index contributed by atoms with van der Waals surface area (Å²) in [5.41, 5.74) is 6.68. The number of amides is 1. The van der Waals surface area contributed by atoms with Gasteiger partial charge in [0.2, 0.25) is 0 Å². The van der Waals surface area contributed by atoms with Crippen LogP contribution in [-0.2, 0) is 10.3 Å². The van der Waals surface area contributed by atoms with Gasteiger partial charge in [0, 0.05) is 24.1 Å². The molecule has 29 heavy (non-hydrogen) atoms. The SMILES string of the molecule is COCC=Cc1cnc(C(=O)Nc2ccc(F)c([C@]3(C)CCSC(N)=N3)c2)cn1. The molecule has 1 amide bonds. The van der Waals surface area contributed by atoms with Gasteiger partial charge >= 0.3 is 0 Å². The van der Waals surface area contributed by atoms with Gasteiger partial charge in [0.15, 0.2) is 5.17 Å². The standard InChI is InChI=1S/C20H22FN5O2S/c1-20(7-9-29-19(22)26-20)15-10-13(5-6-16(15)21)25-18(27)17-12-23-14(11-24-17)4-3-8-28-2/h3-6,10-12H,7-9H2,1-2H3,(H2,22,26)(H,25,27)/t20-/m0/s1. The summed E-state index contributed by atoms with van der Waals surface area (Å²) in [5, 5.41) is 3.17. The van der Waals surface area contributed by atoms with Crippen molar-refractivity contribution in [2.24, 2.45) is 10.7 Å². The molecule has 2 heterocycles. The van der Waals surface area contributed by atoms with Crippen LogP contribution in [0.1, 0.15) is 35.1 Å². The van der Waals surface area contributed by atoms with Crippen LogP contribution in [0.2, 0.25) is 0 Å². The van der Waals surface area contributed by atoms with Crippen LogP contribution in [0.4, 0.5) is 10.1 Å². The van der Waals surface area contributed by atoms with E-state index in [4.69, 9.17) is 10.5 Å². The van der Waals surface area contributed by atoms with Gasteiger partial charge < -0.3 is 15.8 Å².